The minimum Gasteiger partial charge on any atom is -0.349 e. The van der Waals surface area contributed by atoms with Gasteiger partial charge in [-0.1, -0.05) is 37.0 Å². The number of amides is 1. The minimum atomic E-state index is -0.180. The maximum absolute atomic E-state index is 12.1. The summed E-state index contributed by atoms with van der Waals surface area (Å²) in [6.45, 7) is 7.55. The molecule has 2 rings (SSSR count). The number of likely N-dealkylation sites (N-methyl/N-ethyl adjacent to an activating group) is 1. The predicted molar refractivity (Wildman–Crippen MR) is 94.2 cm³/mol. The third kappa shape index (κ3) is 4.70. The van der Waals surface area contributed by atoms with Gasteiger partial charge < -0.3 is 10.2 Å². The molecule has 0 aliphatic heterocycles. The minimum absolute atomic E-state index is 0.180. The SMILES string of the molecule is CCN(CC)CCNC(=O)c1cc(-c2ccc(Cl)cc2Cl)n[nH]1. The molecule has 0 radical (unpaired) electrons. The van der Waals surface area contributed by atoms with E-state index in [-0.39, 0.29) is 5.91 Å². The number of benzene rings is 1. The van der Waals surface area contributed by atoms with Crippen LogP contribution in [0.2, 0.25) is 10.0 Å². The molecule has 0 saturated heterocycles. The van der Waals surface area contributed by atoms with Crippen LogP contribution in [0.1, 0.15) is 24.3 Å². The van der Waals surface area contributed by atoms with Crippen molar-refractivity contribution in [2.24, 2.45) is 0 Å². The van der Waals surface area contributed by atoms with Crippen LogP contribution in [0.25, 0.3) is 11.3 Å². The van der Waals surface area contributed by atoms with Gasteiger partial charge in [0.15, 0.2) is 0 Å². The Morgan fingerprint density at radius 3 is 2.65 bits per heavy atom. The van der Waals surface area contributed by atoms with E-state index in [4.69, 9.17) is 23.2 Å². The summed E-state index contributed by atoms with van der Waals surface area (Å²) in [6, 6.07) is 6.85. The highest BCUT2D eigenvalue weighted by atomic mass is 35.5. The number of H-pyrrole nitrogens is 1. The second-order valence-electron chi connectivity index (χ2n) is 5.07. The monoisotopic (exact) mass is 354 g/mol. The molecule has 0 bridgehead atoms. The fourth-order valence-corrected chi connectivity index (χ4v) is 2.74. The average molecular weight is 355 g/mol. The fraction of sp³-hybridized carbons (Fsp3) is 0.375. The Bertz CT molecular complexity index is 668. The van der Waals surface area contributed by atoms with E-state index in [1.807, 2.05) is 0 Å². The van der Waals surface area contributed by atoms with E-state index in [1.165, 1.54) is 0 Å². The average Bonchev–Trinajstić information content (AvgIpc) is 3.01. The molecule has 0 fully saturated rings. The lowest BCUT2D eigenvalue weighted by Gasteiger charge is -2.17. The first-order chi connectivity index (χ1) is 11.0. The van der Waals surface area contributed by atoms with Crippen LogP contribution in [0, 0.1) is 0 Å². The van der Waals surface area contributed by atoms with Crippen molar-refractivity contribution in [1.29, 1.82) is 0 Å². The summed E-state index contributed by atoms with van der Waals surface area (Å²) in [4.78, 5) is 14.4. The molecule has 7 heteroatoms. The molecule has 5 nitrogen and oxygen atoms in total. The Labute approximate surface area is 146 Å². The van der Waals surface area contributed by atoms with Gasteiger partial charge in [-0.05, 0) is 37.4 Å². The zero-order chi connectivity index (χ0) is 16.8. The van der Waals surface area contributed by atoms with Crippen molar-refractivity contribution in [2.45, 2.75) is 13.8 Å². The van der Waals surface area contributed by atoms with Crippen LogP contribution >= 0.6 is 23.2 Å². The van der Waals surface area contributed by atoms with Crippen molar-refractivity contribution in [3.8, 4) is 11.3 Å². The largest absolute Gasteiger partial charge is 0.349 e. The normalized spacial score (nSPS) is 11.0. The molecule has 1 aromatic heterocycles. The molecule has 0 aliphatic rings. The molecular weight excluding hydrogens is 335 g/mol. The molecule has 1 heterocycles. The van der Waals surface area contributed by atoms with Crippen LogP contribution in [0.15, 0.2) is 24.3 Å². The summed E-state index contributed by atoms with van der Waals surface area (Å²) >= 11 is 12.0. The molecule has 2 N–H and O–H groups in total. The number of hydrogen-bond acceptors (Lipinski definition) is 3. The number of halogens is 2. The van der Waals surface area contributed by atoms with Gasteiger partial charge in [0.25, 0.3) is 5.91 Å². The van der Waals surface area contributed by atoms with Gasteiger partial charge in [0.1, 0.15) is 5.69 Å². The number of aromatic amines is 1. The Balaban J connectivity index is 2.00. The third-order valence-corrected chi connectivity index (χ3v) is 4.19. The predicted octanol–water partition coefficient (Wildman–Crippen LogP) is 3.46. The summed E-state index contributed by atoms with van der Waals surface area (Å²) in [6.07, 6.45) is 0. The smallest absolute Gasteiger partial charge is 0.269 e. The van der Waals surface area contributed by atoms with Crippen molar-refractivity contribution < 1.29 is 4.79 Å². The van der Waals surface area contributed by atoms with Crippen LogP contribution in [-0.4, -0.2) is 47.2 Å². The van der Waals surface area contributed by atoms with E-state index >= 15 is 0 Å². The van der Waals surface area contributed by atoms with Gasteiger partial charge >= 0.3 is 0 Å². The number of nitrogens with zero attached hydrogens (tertiary/aromatic N) is 2. The zero-order valence-electron chi connectivity index (χ0n) is 13.2. The van der Waals surface area contributed by atoms with Crippen molar-refractivity contribution in [2.75, 3.05) is 26.2 Å². The number of nitrogens with one attached hydrogen (secondary N) is 2. The van der Waals surface area contributed by atoms with Crippen LogP contribution in [0.5, 0.6) is 0 Å². The number of carbonyl (C=O) groups is 1. The van der Waals surface area contributed by atoms with E-state index in [1.54, 1.807) is 24.3 Å². The molecule has 1 aromatic carbocycles. The lowest BCUT2D eigenvalue weighted by Crippen LogP contribution is -2.34. The molecule has 0 saturated carbocycles. The van der Waals surface area contributed by atoms with Gasteiger partial charge in [-0.2, -0.15) is 5.10 Å². The summed E-state index contributed by atoms with van der Waals surface area (Å²) in [5.74, 6) is -0.180. The lowest BCUT2D eigenvalue weighted by molar-refractivity contribution is 0.0944. The summed E-state index contributed by atoms with van der Waals surface area (Å²) < 4.78 is 0. The Kier molecular flexibility index (Phi) is 6.45. The Morgan fingerprint density at radius 2 is 2.00 bits per heavy atom. The maximum Gasteiger partial charge on any atom is 0.269 e. The quantitative estimate of drug-likeness (QED) is 0.800. The molecular formula is C16H20Cl2N4O. The molecule has 2 aromatic rings. The first-order valence-corrected chi connectivity index (χ1v) is 8.32. The van der Waals surface area contributed by atoms with Gasteiger partial charge in [-0.15, -0.1) is 0 Å². The molecule has 0 aliphatic carbocycles. The topological polar surface area (TPSA) is 61.0 Å². The van der Waals surface area contributed by atoms with Crippen molar-refractivity contribution in [3.05, 3.63) is 40.0 Å². The summed E-state index contributed by atoms with van der Waals surface area (Å²) in [7, 11) is 0. The second-order valence-corrected chi connectivity index (χ2v) is 5.92. The Hall–Kier alpha value is -1.56. The van der Waals surface area contributed by atoms with Crippen LogP contribution < -0.4 is 5.32 Å². The van der Waals surface area contributed by atoms with Crippen LogP contribution in [0.3, 0.4) is 0 Å². The van der Waals surface area contributed by atoms with Crippen molar-refractivity contribution in [1.82, 2.24) is 20.4 Å². The summed E-state index contributed by atoms with van der Waals surface area (Å²) in [5, 5.41) is 10.8. The first-order valence-electron chi connectivity index (χ1n) is 7.56. The molecule has 1 amide bonds. The molecule has 124 valence electrons. The van der Waals surface area contributed by atoms with Crippen molar-refractivity contribution >= 4 is 29.1 Å². The van der Waals surface area contributed by atoms with Gasteiger partial charge in [-0.3, -0.25) is 9.89 Å². The molecule has 0 spiro atoms. The summed E-state index contributed by atoms with van der Waals surface area (Å²) in [5.41, 5.74) is 1.75. The number of hydrogen-bond donors (Lipinski definition) is 2. The van der Waals surface area contributed by atoms with E-state index in [9.17, 15) is 4.79 Å². The highest BCUT2D eigenvalue weighted by Gasteiger charge is 2.13. The number of carbonyl (C=O) groups excluding carboxylic acids is 1. The van der Waals surface area contributed by atoms with Crippen LogP contribution in [-0.2, 0) is 0 Å². The molecule has 0 atom stereocenters. The number of rotatable bonds is 7. The second kappa shape index (κ2) is 8.34. The van der Waals surface area contributed by atoms with Gasteiger partial charge in [0.05, 0.1) is 10.7 Å². The highest BCUT2D eigenvalue weighted by molar-refractivity contribution is 6.36. The maximum atomic E-state index is 12.1. The third-order valence-electron chi connectivity index (χ3n) is 3.64. The molecule has 23 heavy (non-hydrogen) atoms. The van der Waals surface area contributed by atoms with Crippen molar-refractivity contribution in [3.63, 3.8) is 0 Å². The van der Waals surface area contributed by atoms with E-state index < -0.39 is 0 Å². The first kappa shape index (κ1) is 17.8. The van der Waals surface area contributed by atoms with Gasteiger partial charge in [0.2, 0.25) is 0 Å². The fourth-order valence-electron chi connectivity index (χ4n) is 2.24. The lowest BCUT2D eigenvalue weighted by atomic mass is 10.1. The van der Waals surface area contributed by atoms with Gasteiger partial charge in [-0.25, -0.2) is 0 Å². The van der Waals surface area contributed by atoms with E-state index in [2.05, 4.69) is 34.3 Å². The van der Waals surface area contributed by atoms with E-state index in [0.717, 1.165) is 25.2 Å². The van der Waals surface area contributed by atoms with Crippen LogP contribution in [0.4, 0.5) is 0 Å². The standard InChI is InChI=1S/C16H20Cl2N4O/c1-3-22(4-2)8-7-19-16(23)15-10-14(20-21-15)12-6-5-11(17)9-13(12)18/h5-6,9-10H,3-4,7-8H2,1-2H3,(H,19,23)(H,20,21). The zero-order valence-corrected chi connectivity index (χ0v) is 14.7. The number of aromatic nitrogens is 2. The Morgan fingerprint density at radius 1 is 1.26 bits per heavy atom. The highest BCUT2D eigenvalue weighted by Crippen LogP contribution is 2.29. The van der Waals surface area contributed by atoms with Gasteiger partial charge in [0, 0.05) is 23.7 Å². The van der Waals surface area contributed by atoms with E-state index in [0.29, 0.717) is 28.0 Å². The molecule has 0 unspecified atom stereocenters.